The lowest BCUT2D eigenvalue weighted by molar-refractivity contribution is -0.217. The van der Waals surface area contributed by atoms with Gasteiger partial charge in [0.15, 0.2) is 0 Å². The molecule has 0 amide bonds. The number of hydrogen-bond acceptors (Lipinski definition) is 0. The SMILES string of the molecule is [CH2]C(F)(CF)C(F)(F)F. The summed E-state index contributed by atoms with van der Waals surface area (Å²) in [5.41, 5.74) is -3.94. The molecule has 0 spiro atoms. The van der Waals surface area contributed by atoms with Crippen LogP contribution in [0.15, 0.2) is 0 Å². The van der Waals surface area contributed by atoms with Crippen molar-refractivity contribution >= 4 is 0 Å². The fraction of sp³-hybridized carbons (Fsp3) is 0.750. The van der Waals surface area contributed by atoms with E-state index in [1.807, 2.05) is 6.92 Å². The van der Waals surface area contributed by atoms with E-state index >= 15 is 0 Å². The van der Waals surface area contributed by atoms with Gasteiger partial charge in [0, 0.05) is 0 Å². The third kappa shape index (κ3) is 1.80. The van der Waals surface area contributed by atoms with Gasteiger partial charge in [0.1, 0.15) is 6.67 Å². The second kappa shape index (κ2) is 2.11. The van der Waals surface area contributed by atoms with Crippen LogP contribution in [0.4, 0.5) is 22.0 Å². The maximum absolute atomic E-state index is 11.7. The molecule has 0 aromatic rings. The Morgan fingerprint density at radius 3 is 1.44 bits per heavy atom. The summed E-state index contributed by atoms with van der Waals surface area (Å²) in [6.45, 7) is -0.149. The van der Waals surface area contributed by atoms with Crippen molar-refractivity contribution in [3.63, 3.8) is 0 Å². The van der Waals surface area contributed by atoms with E-state index in [1.165, 1.54) is 0 Å². The normalized spacial score (nSPS) is 19.3. The van der Waals surface area contributed by atoms with E-state index in [4.69, 9.17) is 0 Å². The highest BCUT2D eigenvalue weighted by molar-refractivity contribution is 4.88. The van der Waals surface area contributed by atoms with Gasteiger partial charge in [-0.3, -0.25) is 0 Å². The lowest BCUT2D eigenvalue weighted by Crippen LogP contribution is -2.39. The third-order valence-corrected chi connectivity index (χ3v) is 0.720. The molecule has 0 heterocycles. The number of rotatable bonds is 1. The summed E-state index contributed by atoms with van der Waals surface area (Å²) >= 11 is 0. The van der Waals surface area contributed by atoms with Gasteiger partial charge in [-0.05, 0) is 6.92 Å². The van der Waals surface area contributed by atoms with Gasteiger partial charge >= 0.3 is 6.18 Å². The summed E-state index contributed by atoms with van der Waals surface area (Å²) in [7, 11) is 0. The molecule has 5 heteroatoms. The zero-order valence-electron chi connectivity index (χ0n) is 4.30. The summed E-state index contributed by atoms with van der Waals surface area (Å²) < 4.78 is 56.3. The minimum absolute atomic E-state index is 1.99. The number of halogens is 5. The van der Waals surface area contributed by atoms with Gasteiger partial charge < -0.3 is 0 Å². The van der Waals surface area contributed by atoms with E-state index in [0.717, 1.165) is 0 Å². The highest BCUT2D eigenvalue weighted by Crippen LogP contribution is 2.33. The standard InChI is InChI=1S/C4H4F5/c1-3(6,2-5)4(7,8)9/h1-2H2. The molecule has 0 aliphatic carbocycles. The first-order chi connectivity index (χ1) is 3.81. The summed E-state index contributed by atoms with van der Waals surface area (Å²) in [5, 5.41) is 0. The predicted octanol–water partition coefficient (Wildman–Crippen LogP) is 2.06. The Balaban J connectivity index is 4.14. The monoisotopic (exact) mass is 147 g/mol. The maximum atomic E-state index is 11.7. The largest absolute Gasteiger partial charge is 0.425 e. The Hall–Kier alpha value is -0.350. The van der Waals surface area contributed by atoms with E-state index in [1.54, 1.807) is 0 Å². The van der Waals surface area contributed by atoms with Crippen LogP contribution in [0.25, 0.3) is 0 Å². The van der Waals surface area contributed by atoms with E-state index in [0.29, 0.717) is 0 Å². The Labute approximate surface area is 48.7 Å². The molecule has 0 aromatic carbocycles. The molecule has 0 rings (SSSR count). The first-order valence-corrected chi connectivity index (χ1v) is 1.98. The predicted molar refractivity (Wildman–Crippen MR) is 21.2 cm³/mol. The van der Waals surface area contributed by atoms with Gasteiger partial charge in [-0.15, -0.1) is 0 Å². The molecule has 0 aliphatic heterocycles. The summed E-state index contributed by atoms with van der Waals surface area (Å²) in [6.07, 6.45) is -5.21. The van der Waals surface area contributed by atoms with Gasteiger partial charge in [-0.1, -0.05) is 0 Å². The molecule has 1 atom stereocenters. The van der Waals surface area contributed by atoms with Gasteiger partial charge in [0.05, 0.1) is 0 Å². The van der Waals surface area contributed by atoms with Crippen molar-refractivity contribution in [3.05, 3.63) is 6.92 Å². The molecular formula is C4H4F5. The van der Waals surface area contributed by atoms with Crippen molar-refractivity contribution in [2.45, 2.75) is 11.8 Å². The minimum Gasteiger partial charge on any atom is -0.247 e. The Kier molecular flexibility index (Phi) is 2.03. The minimum atomic E-state index is -5.21. The molecule has 0 bridgehead atoms. The highest BCUT2D eigenvalue weighted by Gasteiger charge is 2.52. The molecule has 0 aliphatic rings. The van der Waals surface area contributed by atoms with E-state index in [2.05, 4.69) is 0 Å². The van der Waals surface area contributed by atoms with Crippen LogP contribution in [0.3, 0.4) is 0 Å². The lowest BCUT2D eigenvalue weighted by atomic mass is 10.1. The summed E-state index contributed by atoms with van der Waals surface area (Å²) in [5.74, 6) is 0. The zero-order valence-corrected chi connectivity index (χ0v) is 4.30. The van der Waals surface area contributed by atoms with Crippen LogP contribution in [0.5, 0.6) is 0 Å². The van der Waals surface area contributed by atoms with Crippen LogP contribution >= 0.6 is 0 Å². The fourth-order valence-electron chi connectivity index (χ4n) is 0.0758. The molecule has 55 valence electrons. The fourth-order valence-corrected chi connectivity index (χ4v) is 0.0758. The average molecular weight is 147 g/mol. The van der Waals surface area contributed by atoms with Crippen LogP contribution in [0.1, 0.15) is 0 Å². The number of hydrogen-bond donors (Lipinski definition) is 0. The van der Waals surface area contributed by atoms with Gasteiger partial charge in [0.25, 0.3) is 0 Å². The van der Waals surface area contributed by atoms with Crippen molar-refractivity contribution in [2.24, 2.45) is 0 Å². The van der Waals surface area contributed by atoms with Crippen LogP contribution in [0.2, 0.25) is 0 Å². The quantitative estimate of drug-likeness (QED) is 0.498. The molecular weight excluding hydrogens is 143 g/mol. The van der Waals surface area contributed by atoms with E-state index in [-0.39, 0.29) is 0 Å². The Morgan fingerprint density at radius 1 is 1.11 bits per heavy atom. The smallest absolute Gasteiger partial charge is 0.247 e. The van der Waals surface area contributed by atoms with Crippen LogP contribution in [-0.2, 0) is 0 Å². The van der Waals surface area contributed by atoms with Crippen molar-refractivity contribution < 1.29 is 22.0 Å². The summed E-state index contributed by atoms with van der Waals surface area (Å²) in [4.78, 5) is 0. The molecule has 1 unspecified atom stereocenters. The van der Waals surface area contributed by atoms with Gasteiger partial charge in [0.2, 0.25) is 5.67 Å². The second-order valence-corrected chi connectivity index (χ2v) is 1.60. The van der Waals surface area contributed by atoms with Gasteiger partial charge in [-0.25, -0.2) is 8.78 Å². The topological polar surface area (TPSA) is 0 Å². The van der Waals surface area contributed by atoms with E-state index in [9.17, 15) is 22.0 Å². The van der Waals surface area contributed by atoms with Crippen LogP contribution in [0, 0.1) is 6.92 Å². The molecule has 0 nitrogen and oxygen atoms in total. The maximum Gasteiger partial charge on any atom is 0.425 e. The average Bonchev–Trinajstić information content (AvgIpc) is 1.64. The first-order valence-electron chi connectivity index (χ1n) is 1.98. The number of alkyl halides is 5. The molecule has 0 N–H and O–H groups in total. The third-order valence-electron chi connectivity index (χ3n) is 0.720. The molecule has 9 heavy (non-hydrogen) atoms. The molecule has 0 saturated heterocycles. The molecule has 0 aromatic heterocycles. The highest BCUT2D eigenvalue weighted by atomic mass is 19.4. The molecule has 0 saturated carbocycles. The van der Waals surface area contributed by atoms with Crippen LogP contribution < -0.4 is 0 Å². The van der Waals surface area contributed by atoms with Gasteiger partial charge in [-0.2, -0.15) is 13.2 Å². The van der Waals surface area contributed by atoms with Crippen molar-refractivity contribution in [1.29, 1.82) is 0 Å². The van der Waals surface area contributed by atoms with E-state index < -0.39 is 18.5 Å². The second-order valence-electron chi connectivity index (χ2n) is 1.60. The van der Waals surface area contributed by atoms with Crippen molar-refractivity contribution in [2.75, 3.05) is 6.67 Å². The molecule has 0 fully saturated rings. The zero-order chi connectivity index (χ0) is 7.71. The molecule has 1 radical (unpaired) electrons. The van der Waals surface area contributed by atoms with Crippen LogP contribution in [-0.4, -0.2) is 18.5 Å². The first kappa shape index (κ1) is 8.65. The van der Waals surface area contributed by atoms with Crippen molar-refractivity contribution in [3.8, 4) is 0 Å². The lowest BCUT2D eigenvalue weighted by Gasteiger charge is -2.18. The Morgan fingerprint density at radius 2 is 1.44 bits per heavy atom. The summed E-state index contributed by atoms with van der Waals surface area (Å²) in [6, 6.07) is 0. The van der Waals surface area contributed by atoms with Crippen molar-refractivity contribution in [1.82, 2.24) is 0 Å². The Bertz CT molecular complexity index is 91.6.